The Kier molecular flexibility index (Phi) is 5.12. The molecule has 5 nitrogen and oxygen atoms in total. The average molecular weight is 330 g/mol. The molecule has 1 aliphatic heterocycles. The van der Waals surface area contributed by atoms with Crippen LogP contribution in [0.2, 0.25) is 0 Å². The van der Waals surface area contributed by atoms with E-state index in [1.807, 2.05) is 0 Å². The zero-order chi connectivity index (χ0) is 15.6. The van der Waals surface area contributed by atoms with Crippen LogP contribution in [0.25, 0.3) is 0 Å². The van der Waals surface area contributed by atoms with Gasteiger partial charge < -0.3 is 10.1 Å². The first-order valence-corrected chi connectivity index (χ1v) is 10.5. The van der Waals surface area contributed by atoms with Crippen molar-refractivity contribution >= 4 is 10.0 Å². The van der Waals surface area contributed by atoms with Gasteiger partial charge in [-0.3, -0.25) is 0 Å². The molecule has 6 heteroatoms. The highest BCUT2D eigenvalue weighted by molar-refractivity contribution is 7.89. The summed E-state index contributed by atoms with van der Waals surface area (Å²) in [7, 11) is -2.96. The van der Waals surface area contributed by atoms with Crippen LogP contribution in [0.5, 0.6) is 0 Å². The Balaban J connectivity index is 1.52. The van der Waals surface area contributed by atoms with Crippen molar-refractivity contribution < 1.29 is 13.2 Å². The van der Waals surface area contributed by atoms with E-state index >= 15 is 0 Å². The maximum Gasteiger partial charge on any atom is 0.214 e. The van der Waals surface area contributed by atoms with Crippen molar-refractivity contribution in [3.63, 3.8) is 0 Å². The quantitative estimate of drug-likeness (QED) is 0.806. The molecule has 0 aromatic rings. The number of nitrogens with one attached hydrogen (secondary N) is 1. The predicted octanol–water partition coefficient (Wildman–Crippen LogP) is 1.74. The summed E-state index contributed by atoms with van der Waals surface area (Å²) < 4.78 is 31.3. The summed E-state index contributed by atoms with van der Waals surface area (Å²) >= 11 is 0. The second kappa shape index (κ2) is 6.75. The molecule has 0 radical (unpaired) electrons. The Morgan fingerprint density at radius 3 is 2.64 bits per heavy atom. The molecule has 3 rings (SSSR count). The Labute approximate surface area is 134 Å². The van der Waals surface area contributed by atoms with Crippen LogP contribution in [0.4, 0.5) is 0 Å². The van der Waals surface area contributed by atoms with Crippen molar-refractivity contribution in [3.05, 3.63) is 0 Å². The summed E-state index contributed by atoms with van der Waals surface area (Å²) in [5.41, 5.74) is 0.318. The summed E-state index contributed by atoms with van der Waals surface area (Å²) in [6.45, 7) is 4.96. The lowest BCUT2D eigenvalue weighted by Crippen LogP contribution is -2.65. The van der Waals surface area contributed by atoms with Crippen molar-refractivity contribution in [1.82, 2.24) is 9.62 Å². The van der Waals surface area contributed by atoms with Crippen LogP contribution in [-0.2, 0) is 14.8 Å². The highest BCUT2D eigenvalue weighted by Crippen LogP contribution is 2.53. The molecule has 22 heavy (non-hydrogen) atoms. The number of rotatable bonds is 6. The first kappa shape index (κ1) is 16.7. The third-order valence-corrected chi connectivity index (χ3v) is 7.85. The zero-order valence-corrected chi connectivity index (χ0v) is 14.5. The Morgan fingerprint density at radius 2 is 2.00 bits per heavy atom. The number of hydrogen-bond acceptors (Lipinski definition) is 4. The molecule has 1 heterocycles. The van der Waals surface area contributed by atoms with Gasteiger partial charge >= 0.3 is 0 Å². The van der Waals surface area contributed by atoms with Gasteiger partial charge in [0.1, 0.15) is 0 Å². The summed E-state index contributed by atoms with van der Waals surface area (Å²) in [6.07, 6.45) is 8.76. The van der Waals surface area contributed by atoms with Crippen LogP contribution in [0, 0.1) is 5.41 Å². The number of sulfonamides is 1. The minimum Gasteiger partial charge on any atom is -0.378 e. The van der Waals surface area contributed by atoms with Gasteiger partial charge in [0.2, 0.25) is 10.0 Å². The molecular formula is C16H30N2O3S. The number of hydrogen-bond donors (Lipinski definition) is 1. The molecule has 0 aromatic carbocycles. The molecule has 0 amide bonds. The highest BCUT2D eigenvalue weighted by atomic mass is 32.2. The maximum absolute atomic E-state index is 11.8. The normalized spacial score (nSPS) is 33.9. The second-order valence-electron chi connectivity index (χ2n) is 7.05. The molecule has 0 aromatic heterocycles. The highest BCUT2D eigenvalue weighted by Gasteiger charge is 2.55. The fourth-order valence-corrected chi connectivity index (χ4v) is 6.18. The standard InChI is InChI=1S/C16H30N2O3S/c1-2-21-15-13-14(16(15)7-4-3-5-8-16)17-9-11-18-10-6-12-22(18,19)20/h14-15,17H,2-13H2,1H3. The first-order chi connectivity index (χ1) is 10.6. The average Bonchev–Trinajstić information content (AvgIpc) is 2.85. The summed E-state index contributed by atoms with van der Waals surface area (Å²) in [5.74, 6) is 0.326. The largest absolute Gasteiger partial charge is 0.378 e. The van der Waals surface area contributed by atoms with Crippen LogP contribution >= 0.6 is 0 Å². The summed E-state index contributed by atoms with van der Waals surface area (Å²) in [6, 6.07) is 0.509. The molecule has 3 fully saturated rings. The molecule has 2 atom stereocenters. The monoisotopic (exact) mass is 330 g/mol. The van der Waals surface area contributed by atoms with E-state index in [2.05, 4.69) is 12.2 Å². The van der Waals surface area contributed by atoms with E-state index in [0.717, 1.165) is 26.0 Å². The van der Waals surface area contributed by atoms with E-state index in [9.17, 15) is 8.42 Å². The smallest absolute Gasteiger partial charge is 0.214 e. The van der Waals surface area contributed by atoms with E-state index in [4.69, 9.17) is 4.74 Å². The SMILES string of the molecule is CCOC1CC(NCCN2CCCS2(=O)=O)C12CCCCC2. The van der Waals surface area contributed by atoms with Crippen molar-refractivity contribution in [2.24, 2.45) is 5.41 Å². The topological polar surface area (TPSA) is 58.6 Å². The minimum absolute atomic E-state index is 0.318. The van der Waals surface area contributed by atoms with Gasteiger partial charge in [-0.2, -0.15) is 0 Å². The maximum atomic E-state index is 11.8. The predicted molar refractivity (Wildman–Crippen MR) is 87.3 cm³/mol. The van der Waals surface area contributed by atoms with Crippen molar-refractivity contribution in [3.8, 4) is 0 Å². The minimum atomic E-state index is -2.96. The van der Waals surface area contributed by atoms with Gasteiger partial charge in [-0.25, -0.2) is 12.7 Å². The van der Waals surface area contributed by atoms with Crippen LogP contribution in [0.15, 0.2) is 0 Å². The molecule has 1 saturated heterocycles. The lowest BCUT2D eigenvalue weighted by Gasteiger charge is -2.58. The molecule has 0 bridgehead atoms. The van der Waals surface area contributed by atoms with Crippen LogP contribution in [0.3, 0.4) is 0 Å². The van der Waals surface area contributed by atoms with E-state index in [0.29, 0.717) is 36.4 Å². The summed E-state index contributed by atoms with van der Waals surface area (Å²) in [4.78, 5) is 0. The van der Waals surface area contributed by atoms with Crippen molar-refractivity contribution in [2.75, 3.05) is 32.0 Å². The molecule has 1 N–H and O–H groups in total. The lowest BCUT2D eigenvalue weighted by molar-refractivity contribution is -0.149. The van der Waals surface area contributed by atoms with Crippen LogP contribution in [-0.4, -0.2) is 56.9 Å². The molecule has 2 aliphatic carbocycles. The van der Waals surface area contributed by atoms with Crippen molar-refractivity contribution in [1.29, 1.82) is 0 Å². The molecule has 1 spiro atoms. The first-order valence-electron chi connectivity index (χ1n) is 8.91. The number of nitrogens with zero attached hydrogens (tertiary/aromatic N) is 1. The van der Waals surface area contributed by atoms with Gasteiger partial charge in [0.05, 0.1) is 11.9 Å². The third kappa shape index (κ3) is 3.07. The van der Waals surface area contributed by atoms with E-state index in [1.54, 1.807) is 4.31 Å². The van der Waals surface area contributed by atoms with Crippen molar-refractivity contribution in [2.45, 2.75) is 64.0 Å². The molecular weight excluding hydrogens is 300 g/mol. The van der Waals surface area contributed by atoms with Gasteiger partial charge in [-0.15, -0.1) is 0 Å². The van der Waals surface area contributed by atoms with E-state index < -0.39 is 10.0 Å². The van der Waals surface area contributed by atoms with Gasteiger partial charge in [0.15, 0.2) is 0 Å². The van der Waals surface area contributed by atoms with E-state index in [1.165, 1.54) is 32.1 Å². The van der Waals surface area contributed by atoms with Gasteiger partial charge in [-0.1, -0.05) is 19.3 Å². The van der Waals surface area contributed by atoms with Gasteiger partial charge in [0.25, 0.3) is 0 Å². The zero-order valence-electron chi connectivity index (χ0n) is 13.7. The van der Waals surface area contributed by atoms with E-state index in [-0.39, 0.29) is 0 Å². The second-order valence-corrected chi connectivity index (χ2v) is 9.14. The summed E-state index contributed by atoms with van der Waals surface area (Å²) in [5, 5.41) is 3.65. The lowest BCUT2D eigenvalue weighted by atomic mass is 9.55. The Bertz CT molecular complexity index is 474. The third-order valence-electron chi connectivity index (χ3n) is 5.89. The Hall–Kier alpha value is -0.170. The fourth-order valence-electron chi connectivity index (χ4n) is 4.66. The van der Waals surface area contributed by atoms with Gasteiger partial charge in [-0.05, 0) is 32.6 Å². The number of ether oxygens (including phenoxy) is 1. The fraction of sp³-hybridized carbons (Fsp3) is 1.00. The Morgan fingerprint density at radius 1 is 1.23 bits per heavy atom. The molecule has 128 valence electrons. The molecule has 2 saturated carbocycles. The van der Waals surface area contributed by atoms with Crippen LogP contribution in [0.1, 0.15) is 51.9 Å². The van der Waals surface area contributed by atoms with Crippen LogP contribution < -0.4 is 5.32 Å². The molecule has 3 aliphatic rings. The van der Waals surface area contributed by atoms with Gasteiger partial charge in [0, 0.05) is 37.7 Å². The molecule has 2 unspecified atom stereocenters.